The van der Waals surface area contributed by atoms with Crippen LogP contribution in [0.15, 0.2) is 35.3 Å². The number of unbranched alkanes of at least 4 members (excludes halogenated alkanes) is 7. The molecule has 24 heavy (non-hydrogen) atoms. The van der Waals surface area contributed by atoms with Gasteiger partial charge in [-0.25, -0.2) is 0 Å². The standard InChI is InChI=1S/C20H30O4/c1-3-4-5-6-7-8-9-10-11-12-13-14-16-19(22)17(21)15-18(24-2)20(16)23/h6-7,15,22H,3-5,8-14H2,1-2H3. The smallest absolute Gasteiger partial charge is 0.227 e. The SMILES string of the molecule is CCCCC=CCCCCCCCC1=C(O)C(=O)C=C(OC)C1=O. The summed E-state index contributed by atoms with van der Waals surface area (Å²) >= 11 is 0. The van der Waals surface area contributed by atoms with Crippen LogP contribution in [0.2, 0.25) is 0 Å². The third-order valence-corrected chi connectivity index (χ3v) is 4.19. The summed E-state index contributed by atoms with van der Waals surface area (Å²) in [6, 6.07) is 0. The molecular formula is C20H30O4. The van der Waals surface area contributed by atoms with Gasteiger partial charge in [-0.15, -0.1) is 0 Å². The average Bonchev–Trinajstić information content (AvgIpc) is 2.58. The minimum absolute atomic E-state index is 0.0164. The molecule has 0 amide bonds. The molecule has 0 saturated carbocycles. The van der Waals surface area contributed by atoms with Crippen LogP contribution in [0.3, 0.4) is 0 Å². The van der Waals surface area contributed by atoms with Gasteiger partial charge in [0.1, 0.15) is 0 Å². The summed E-state index contributed by atoms with van der Waals surface area (Å²) in [5, 5.41) is 9.78. The normalized spacial score (nSPS) is 15.3. The molecule has 0 unspecified atom stereocenters. The Kier molecular flexibility index (Phi) is 9.81. The lowest BCUT2D eigenvalue weighted by molar-refractivity contribution is -0.119. The number of carbonyl (C=O) groups excluding carboxylic acids is 2. The number of hydrogen-bond acceptors (Lipinski definition) is 4. The van der Waals surface area contributed by atoms with Crippen LogP contribution in [0.4, 0.5) is 0 Å². The quantitative estimate of drug-likeness (QED) is 0.311. The van der Waals surface area contributed by atoms with Crippen molar-refractivity contribution in [2.24, 2.45) is 0 Å². The van der Waals surface area contributed by atoms with Crippen LogP contribution in [0.1, 0.15) is 71.1 Å². The second-order valence-corrected chi connectivity index (χ2v) is 6.15. The summed E-state index contributed by atoms with van der Waals surface area (Å²) in [6.07, 6.45) is 16.1. The summed E-state index contributed by atoms with van der Waals surface area (Å²) in [6.45, 7) is 2.20. The van der Waals surface area contributed by atoms with Gasteiger partial charge in [-0.1, -0.05) is 51.2 Å². The van der Waals surface area contributed by atoms with Crippen LogP contribution in [-0.4, -0.2) is 23.8 Å². The first-order valence-electron chi connectivity index (χ1n) is 9.03. The number of aliphatic hydroxyl groups is 1. The molecule has 0 aromatic rings. The van der Waals surface area contributed by atoms with Crippen molar-refractivity contribution in [2.45, 2.75) is 71.1 Å². The van der Waals surface area contributed by atoms with Gasteiger partial charge in [-0.05, 0) is 32.1 Å². The van der Waals surface area contributed by atoms with Gasteiger partial charge in [0.05, 0.1) is 7.11 Å². The number of allylic oxidation sites excluding steroid dienone is 4. The molecule has 4 heteroatoms. The largest absolute Gasteiger partial charge is 0.504 e. The van der Waals surface area contributed by atoms with Gasteiger partial charge in [0.25, 0.3) is 0 Å². The summed E-state index contributed by atoms with van der Waals surface area (Å²) in [7, 11) is 1.35. The highest BCUT2D eigenvalue weighted by Gasteiger charge is 2.28. The highest BCUT2D eigenvalue weighted by atomic mass is 16.5. The van der Waals surface area contributed by atoms with E-state index in [1.54, 1.807) is 0 Å². The molecule has 1 aliphatic rings. The Hall–Kier alpha value is -1.84. The summed E-state index contributed by atoms with van der Waals surface area (Å²) in [4.78, 5) is 23.7. The molecule has 0 radical (unpaired) electrons. The molecule has 1 N–H and O–H groups in total. The minimum Gasteiger partial charge on any atom is -0.504 e. The Bertz CT molecular complexity index is 512. The highest BCUT2D eigenvalue weighted by molar-refractivity contribution is 6.20. The first kappa shape index (κ1) is 20.2. The van der Waals surface area contributed by atoms with Gasteiger partial charge in [-0.3, -0.25) is 9.59 Å². The summed E-state index contributed by atoms with van der Waals surface area (Å²) in [5.74, 6) is -1.32. The van der Waals surface area contributed by atoms with Crippen molar-refractivity contribution >= 4 is 11.6 Å². The van der Waals surface area contributed by atoms with Crippen LogP contribution in [0, 0.1) is 0 Å². The molecule has 0 spiro atoms. The summed E-state index contributed by atoms with van der Waals surface area (Å²) < 4.78 is 4.90. The maximum atomic E-state index is 12.1. The van der Waals surface area contributed by atoms with E-state index in [4.69, 9.17) is 4.74 Å². The number of carbonyl (C=O) groups is 2. The molecule has 0 bridgehead atoms. The third-order valence-electron chi connectivity index (χ3n) is 4.19. The van der Waals surface area contributed by atoms with Crippen molar-refractivity contribution in [3.05, 3.63) is 35.3 Å². The second-order valence-electron chi connectivity index (χ2n) is 6.15. The van der Waals surface area contributed by atoms with E-state index in [0.29, 0.717) is 6.42 Å². The van der Waals surface area contributed by atoms with E-state index in [2.05, 4.69) is 19.1 Å². The molecule has 134 valence electrons. The first-order valence-corrected chi connectivity index (χ1v) is 9.03. The number of ether oxygens (including phenoxy) is 1. The fourth-order valence-corrected chi connectivity index (χ4v) is 2.69. The van der Waals surface area contributed by atoms with E-state index in [-0.39, 0.29) is 17.1 Å². The van der Waals surface area contributed by atoms with Crippen molar-refractivity contribution in [3.8, 4) is 0 Å². The summed E-state index contributed by atoms with van der Waals surface area (Å²) in [5.41, 5.74) is 0.193. The van der Waals surface area contributed by atoms with Gasteiger partial charge in [0.15, 0.2) is 11.5 Å². The highest BCUT2D eigenvalue weighted by Crippen LogP contribution is 2.23. The number of ketones is 2. The van der Waals surface area contributed by atoms with Crippen LogP contribution < -0.4 is 0 Å². The molecule has 1 rings (SSSR count). The van der Waals surface area contributed by atoms with Crippen molar-refractivity contribution in [1.29, 1.82) is 0 Å². The molecule has 0 fully saturated rings. The Morgan fingerprint density at radius 2 is 1.62 bits per heavy atom. The van der Waals surface area contributed by atoms with Crippen molar-refractivity contribution in [3.63, 3.8) is 0 Å². The van der Waals surface area contributed by atoms with E-state index < -0.39 is 11.5 Å². The van der Waals surface area contributed by atoms with E-state index in [1.807, 2.05) is 0 Å². The zero-order chi connectivity index (χ0) is 17.8. The van der Waals surface area contributed by atoms with Crippen LogP contribution in [0.5, 0.6) is 0 Å². The Balaban J connectivity index is 2.19. The fourth-order valence-electron chi connectivity index (χ4n) is 2.69. The lowest BCUT2D eigenvalue weighted by atomic mass is 9.94. The number of methoxy groups -OCH3 is 1. The van der Waals surface area contributed by atoms with E-state index >= 15 is 0 Å². The van der Waals surface area contributed by atoms with Gasteiger partial charge in [0, 0.05) is 11.6 Å². The zero-order valence-electron chi connectivity index (χ0n) is 15.0. The molecule has 0 aromatic heterocycles. The molecule has 4 nitrogen and oxygen atoms in total. The van der Waals surface area contributed by atoms with Crippen molar-refractivity contribution < 1.29 is 19.4 Å². The van der Waals surface area contributed by atoms with E-state index in [9.17, 15) is 14.7 Å². The number of Topliss-reactive ketones (excluding diaryl/α,β-unsaturated/α-hetero) is 1. The molecule has 0 saturated heterocycles. The van der Waals surface area contributed by atoms with Gasteiger partial charge in [-0.2, -0.15) is 0 Å². The van der Waals surface area contributed by atoms with Crippen LogP contribution >= 0.6 is 0 Å². The van der Waals surface area contributed by atoms with Crippen molar-refractivity contribution in [2.75, 3.05) is 7.11 Å². The minimum atomic E-state index is -0.545. The Labute approximate surface area is 145 Å². The lowest BCUT2D eigenvalue weighted by Crippen LogP contribution is -2.20. The maximum absolute atomic E-state index is 12.1. The fraction of sp³-hybridized carbons (Fsp3) is 0.600. The van der Waals surface area contributed by atoms with Gasteiger partial charge < -0.3 is 9.84 Å². The molecule has 0 aliphatic heterocycles. The zero-order valence-corrected chi connectivity index (χ0v) is 15.0. The van der Waals surface area contributed by atoms with Crippen LogP contribution in [-0.2, 0) is 14.3 Å². The van der Waals surface area contributed by atoms with E-state index in [1.165, 1.54) is 39.2 Å². The Morgan fingerprint density at radius 3 is 2.29 bits per heavy atom. The lowest BCUT2D eigenvalue weighted by Gasteiger charge is -2.14. The van der Waals surface area contributed by atoms with E-state index in [0.717, 1.165) is 31.8 Å². The average molecular weight is 334 g/mol. The molecular weight excluding hydrogens is 304 g/mol. The predicted molar refractivity (Wildman–Crippen MR) is 95.7 cm³/mol. The molecule has 0 atom stereocenters. The first-order chi connectivity index (χ1) is 11.6. The third kappa shape index (κ3) is 6.73. The van der Waals surface area contributed by atoms with Gasteiger partial charge >= 0.3 is 0 Å². The number of rotatable bonds is 12. The number of aliphatic hydroxyl groups excluding tert-OH is 1. The monoisotopic (exact) mass is 334 g/mol. The maximum Gasteiger partial charge on any atom is 0.227 e. The Morgan fingerprint density at radius 1 is 1.00 bits per heavy atom. The number of hydrogen-bond donors (Lipinski definition) is 1. The topological polar surface area (TPSA) is 63.6 Å². The molecule has 1 aliphatic carbocycles. The second kappa shape index (κ2) is 11.7. The molecule has 0 heterocycles. The van der Waals surface area contributed by atoms with Crippen LogP contribution in [0.25, 0.3) is 0 Å². The van der Waals surface area contributed by atoms with Gasteiger partial charge in [0.2, 0.25) is 11.6 Å². The molecule has 0 aromatic carbocycles. The predicted octanol–water partition coefficient (Wildman–Crippen LogP) is 4.96. The van der Waals surface area contributed by atoms with Crippen molar-refractivity contribution in [1.82, 2.24) is 0 Å².